The van der Waals surface area contributed by atoms with Crippen molar-refractivity contribution in [1.82, 2.24) is 0 Å². The summed E-state index contributed by atoms with van der Waals surface area (Å²) in [6.07, 6.45) is 1.17. The largest absolute Gasteiger partial charge is 0.473 e. The van der Waals surface area contributed by atoms with Crippen LogP contribution < -0.4 is 0 Å². The summed E-state index contributed by atoms with van der Waals surface area (Å²) < 4.78 is 16.0. The Morgan fingerprint density at radius 2 is 1.67 bits per heavy atom. The van der Waals surface area contributed by atoms with Crippen molar-refractivity contribution < 1.29 is 13.0 Å². The molecule has 0 aliphatic heterocycles. The zero-order valence-corrected chi connectivity index (χ0v) is 10.9. The van der Waals surface area contributed by atoms with Gasteiger partial charge >= 0.3 is 9.53 Å². The molecule has 3 nitrogen and oxygen atoms in total. The number of hydrogen-bond acceptors (Lipinski definition) is 3. The second-order valence-electron chi connectivity index (χ2n) is 3.39. The summed E-state index contributed by atoms with van der Waals surface area (Å²) in [5.41, 5.74) is 0. The van der Waals surface area contributed by atoms with Crippen LogP contribution in [-0.4, -0.2) is 32.1 Å². The average Bonchev–Trinajstić information content (AvgIpc) is 2.00. The molecule has 74 valence electrons. The predicted octanol–water partition coefficient (Wildman–Crippen LogP) is 1.63. The van der Waals surface area contributed by atoms with Gasteiger partial charge in [-0.1, -0.05) is 13.3 Å². The molecule has 0 N–H and O–H groups in total. The Labute approximate surface area is 78.1 Å². The van der Waals surface area contributed by atoms with Gasteiger partial charge in [-0.05, 0) is 19.1 Å². The Hall–Kier alpha value is 0.314. The molecule has 0 aromatic rings. The van der Waals surface area contributed by atoms with Crippen molar-refractivity contribution in [1.29, 1.82) is 0 Å². The molecule has 0 aliphatic rings. The van der Waals surface area contributed by atoms with E-state index in [1.165, 1.54) is 12.5 Å². The van der Waals surface area contributed by atoms with Gasteiger partial charge in [0.1, 0.15) is 0 Å². The maximum atomic E-state index is 5.81. The summed E-state index contributed by atoms with van der Waals surface area (Å²) >= 11 is 0. The third kappa shape index (κ3) is 5.05. The number of hydrogen-bond donors (Lipinski definition) is 0. The van der Waals surface area contributed by atoms with Gasteiger partial charge in [0.25, 0.3) is 0 Å². The second kappa shape index (κ2) is 5.87. The molecule has 0 fully saturated rings. The van der Waals surface area contributed by atoms with Crippen molar-refractivity contribution in [3.63, 3.8) is 0 Å². The van der Waals surface area contributed by atoms with E-state index >= 15 is 0 Å². The molecule has 0 aromatic carbocycles. The van der Waals surface area contributed by atoms with E-state index in [0.29, 0.717) is 0 Å². The molecule has 0 aromatic heterocycles. The van der Waals surface area contributed by atoms with Crippen LogP contribution in [0.15, 0.2) is 0 Å². The van der Waals surface area contributed by atoms with Gasteiger partial charge in [-0.2, -0.15) is 0 Å². The van der Waals surface area contributed by atoms with Gasteiger partial charge in [-0.25, -0.2) is 0 Å². The van der Waals surface area contributed by atoms with E-state index in [1.807, 2.05) is 0 Å². The molecular weight excluding hydrogens is 188 g/mol. The smallest absolute Gasteiger partial charge is 0.418 e. The van der Waals surface area contributed by atoms with Crippen molar-refractivity contribution in [3.8, 4) is 0 Å². The summed E-state index contributed by atoms with van der Waals surface area (Å²) in [5, 5.41) is 0. The summed E-state index contributed by atoms with van der Waals surface area (Å²) in [4.78, 5) is 0. The topological polar surface area (TPSA) is 27.7 Å². The predicted molar refractivity (Wildman–Crippen MR) is 54.8 cm³/mol. The highest BCUT2D eigenvalue weighted by Crippen LogP contribution is 2.14. The van der Waals surface area contributed by atoms with Gasteiger partial charge < -0.3 is 13.0 Å². The zero-order chi connectivity index (χ0) is 9.61. The summed E-state index contributed by atoms with van der Waals surface area (Å²) in [6, 6.07) is 1.17. The van der Waals surface area contributed by atoms with Crippen LogP contribution in [0, 0.1) is 0 Å². The first-order chi connectivity index (χ1) is 5.55. The Bertz CT molecular complexity index is 115. The lowest BCUT2D eigenvalue weighted by atomic mass is 10.6. The van der Waals surface area contributed by atoms with Crippen LogP contribution in [0.1, 0.15) is 13.3 Å². The van der Waals surface area contributed by atoms with Crippen LogP contribution in [0.2, 0.25) is 19.1 Å². The fourth-order valence-corrected chi connectivity index (χ4v) is 5.84. The molecule has 5 heteroatoms. The molecule has 0 radical (unpaired) electrons. The highest BCUT2D eigenvalue weighted by atomic mass is 28.4. The molecule has 0 unspecified atom stereocenters. The Balaban J connectivity index is 3.84. The first-order valence-corrected chi connectivity index (χ1v) is 8.82. The molecule has 12 heavy (non-hydrogen) atoms. The summed E-state index contributed by atoms with van der Waals surface area (Å²) in [5.74, 6) is 0. The van der Waals surface area contributed by atoms with Crippen molar-refractivity contribution >= 4 is 17.8 Å². The molecule has 0 aliphatic carbocycles. The van der Waals surface area contributed by atoms with E-state index in [-0.39, 0.29) is 0 Å². The second-order valence-corrected chi connectivity index (χ2v) is 9.87. The normalized spacial score (nSPS) is 12.5. The van der Waals surface area contributed by atoms with E-state index in [9.17, 15) is 0 Å². The fraction of sp³-hybridized carbons (Fsp3) is 1.00. The maximum Gasteiger partial charge on any atom is 0.473 e. The van der Waals surface area contributed by atoms with Crippen LogP contribution >= 0.6 is 0 Å². The molecule has 0 rings (SSSR count). The average molecular weight is 208 g/mol. The first-order valence-electron chi connectivity index (χ1n) is 4.29. The maximum absolute atomic E-state index is 5.81. The lowest BCUT2D eigenvalue weighted by Crippen LogP contribution is -2.40. The Kier molecular flexibility index (Phi) is 6.03. The molecule has 0 bridgehead atoms. The lowest BCUT2D eigenvalue weighted by Gasteiger charge is -2.25. The van der Waals surface area contributed by atoms with E-state index in [0.717, 1.165) is 0 Å². The minimum absolute atomic E-state index is 1.17. The summed E-state index contributed by atoms with van der Waals surface area (Å²) in [6.45, 7) is 6.58. The third-order valence-electron chi connectivity index (χ3n) is 1.65. The van der Waals surface area contributed by atoms with Gasteiger partial charge in [-0.15, -0.1) is 0 Å². The summed E-state index contributed by atoms with van der Waals surface area (Å²) in [7, 11) is 0.0156. The molecule has 0 saturated heterocycles. The van der Waals surface area contributed by atoms with Gasteiger partial charge in [-0.3, -0.25) is 0 Å². The van der Waals surface area contributed by atoms with Crippen molar-refractivity contribution in [3.05, 3.63) is 0 Å². The molecule has 0 amide bonds. The van der Waals surface area contributed by atoms with E-state index in [1.54, 1.807) is 14.2 Å². The highest BCUT2D eigenvalue weighted by molar-refractivity contribution is 6.76. The molecule has 0 atom stereocenters. The molecule has 0 saturated carbocycles. The highest BCUT2D eigenvalue weighted by Gasteiger charge is 2.27. The molecule has 0 spiro atoms. The van der Waals surface area contributed by atoms with Crippen molar-refractivity contribution in [2.75, 3.05) is 14.2 Å². The van der Waals surface area contributed by atoms with Crippen LogP contribution in [-0.2, 0) is 13.0 Å². The number of rotatable bonds is 6. The van der Waals surface area contributed by atoms with Gasteiger partial charge in [0.05, 0.1) is 0 Å². The van der Waals surface area contributed by atoms with Crippen LogP contribution in [0.4, 0.5) is 0 Å². The van der Waals surface area contributed by atoms with Crippen LogP contribution in [0.5, 0.6) is 0 Å². The van der Waals surface area contributed by atoms with Gasteiger partial charge in [0.2, 0.25) is 0 Å². The third-order valence-corrected chi connectivity index (χ3v) is 7.45. The van der Waals surface area contributed by atoms with Crippen LogP contribution in [0.25, 0.3) is 0 Å². The standard InChI is InChI=1S/C7H20O3Si2/c1-6-7-12(4,5)10-11(8-2)9-3/h11H,6-7H2,1-5H3. The molecular formula is C7H20O3Si2. The quantitative estimate of drug-likeness (QED) is 0.621. The molecule has 0 heterocycles. The fourth-order valence-electron chi connectivity index (χ4n) is 1.11. The van der Waals surface area contributed by atoms with Gasteiger partial charge in [0, 0.05) is 14.2 Å². The Morgan fingerprint density at radius 1 is 1.17 bits per heavy atom. The first kappa shape index (κ1) is 12.3. The SMILES string of the molecule is CCC[Si](C)(C)O[SiH](OC)OC. The van der Waals surface area contributed by atoms with Crippen molar-refractivity contribution in [2.45, 2.75) is 32.5 Å². The van der Waals surface area contributed by atoms with Gasteiger partial charge in [0.15, 0.2) is 8.32 Å². The van der Waals surface area contributed by atoms with E-state index in [2.05, 4.69) is 20.0 Å². The monoisotopic (exact) mass is 208 g/mol. The van der Waals surface area contributed by atoms with Crippen molar-refractivity contribution in [2.24, 2.45) is 0 Å². The van der Waals surface area contributed by atoms with E-state index in [4.69, 9.17) is 13.0 Å². The minimum Gasteiger partial charge on any atom is -0.418 e. The lowest BCUT2D eigenvalue weighted by molar-refractivity contribution is 0.198. The Morgan fingerprint density at radius 3 is 2.00 bits per heavy atom. The van der Waals surface area contributed by atoms with E-state index < -0.39 is 17.8 Å². The minimum atomic E-state index is -1.79. The zero-order valence-electron chi connectivity index (χ0n) is 8.72. The van der Waals surface area contributed by atoms with Crippen LogP contribution in [0.3, 0.4) is 0 Å².